The summed E-state index contributed by atoms with van der Waals surface area (Å²) in [5.41, 5.74) is 0.753. The zero-order valence-corrected chi connectivity index (χ0v) is 7.25. The van der Waals surface area contributed by atoms with E-state index in [1.807, 2.05) is 18.2 Å². The Hall–Kier alpha value is -1.62. The lowest BCUT2D eigenvalue weighted by molar-refractivity contribution is 0.144. The molecule has 1 aromatic heterocycles. The summed E-state index contributed by atoms with van der Waals surface area (Å²) in [7, 11) is 0. The summed E-state index contributed by atoms with van der Waals surface area (Å²) in [5.74, 6) is 0. The maximum absolute atomic E-state index is 10.2. The van der Waals surface area contributed by atoms with Gasteiger partial charge in [-0.2, -0.15) is 0 Å². The van der Waals surface area contributed by atoms with Crippen molar-refractivity contribution in [3.63, 3.8) is 0 Å². The lowest BCUT2D eigenvalue weighted by Gasteiger charge is -1.88. The normalized spacial score (nSPS) is 10.2. The zero-order valence-electron chi connectivity index (χ0n) is 6.43. The first-order chi connectivity index (χ1) is 6.25. The average Bonchev–Trinajstić information content (AvgIpc) is 2.44. The summed E-state index contributed by atoms with van der Waals surface area (Å²) in [4.78, 5) is 14.2. The van der Waals surface area contributed by atoms with Crippen LogP contribution in [0.1, 0.15) is 0 Å². The highest BCUT2D eigenvalue weighted by molar-refractivity contribution is 7.20. The highest BCUT2D eigenvalue weighted by Gasteiger charge is 2.06. The van der Waals surface area contributed by atoms with Gasteiger partial charge in [-0.25, -0.2) is 9.78 Å². The standard InChI is InChI=1S/C8H5NO3S/c10-8(11)12-7-9-5-3-1-2-4-6(5)13-7/h1-4H,(H,10,11). The van der Waals surface area contributed by atoms with Gasteiger partial charge < -0.3 is 9.84 Å². The van der Waals surface area contributed by atoms with E-state index in [0.717, 1.165) is 10.2 Å². The number of nitrogens with zero attached hydrogens (tertiary/aromatic N) is 1. The SMILES string of the molecule is O=C(O)Oc1nc2ccccc2s1. The molecule has 0 atom stereocenters. The maximum atomic E-state index is 10.2. The first-order valence-corrected chi connectivity index (χ1v) is 4.34. The third kappa shape index (κ3) is 1.59. The Morgan fingerprint density at radius 3 is 2.92 bits per heavy atom. The fourth-order valence-corrected chi connectivity index (χ4v) is 1.78. The number of hydrogen-bond donors (Lipinski definition) is 1. The summed E-state index contributed by atoms with van der Waals surface area (Å²) < 4.78 is 5.34. The molecular weight excluding hydrogens is 190 g/mol. The maximum Gasteiger partial charge on any atom is 0.513 e. The molecule has 66 valence electrons. The lowest BCUT2D eigenvalue weighted by Crippen LogP contribution is -2.01. The Balaban J connectivity index is 2.44. The number of benzene rings is 1. The number of para-hydroxylation sites is 1. The van der Waals surface area contributed by atoms with Crippen molar-refractivity contribution in [1.82, 2.24) is 4.98 Å². The molecule has 0 amide bonds. The number of carbonyl (C=O) groups is 1. The van der Waals surface area contributed by atoms with E-state index in [-0.39, 0.29) is 5.19 Å². The molecule has 0 aliphatic heterocycles. The second-order valence-corrected chi connectivity index (χ2v) is 3.31. The Morgan fingerprint density at radius 2 is 2.23 bits per heavy atom. The molecule has 0 bridgehead atoms. The predicted molar refractivity (Wildman–Crippen MR) is 48.3 cm³/mol. The van der Waals surface area contributed by atoms with Crippen molar-refractivity contribution in [3.8, 4) is 5.19 Å². The molecule has 0 aliphatic carbocycles. The van der Waals surface area contributed by atoms with E-state index in [1.165, 1.54) is 11.3 Å². The van der Waals surface area contributed by atoms with Crippen molar-refractivity contribution in [2.45, 2.75) is 0 Å². The van der Waals surface area contributed by atoms with E-state index in [1.54, 1.807) is 6.07 Å². The number of aromatic nitrogens is 1. The molecule has 0 radical (unpaired) electrons. The third-order valence-corrected chi connectivity index (χ3v) is 2.36. The minimum Gasteiger partial charge on any atom is -0.449 e. The van der Waals surface area contributed by atoms with Crippen LogP contribution in [0.2, 0.25) is 0 Å². The van der Waals surface area contributed by atoms with Gasteiger partial charge in [0.15, 0.2) is 0 Å². The van der Waals surface area contributed by atoms with Crippen molar-refractivity contribution < 1.29 is 14.6 Å². The van der Waals surface area contributed by atoms with E-state index in [4.69, 9.17) is 5.11 Å². The summed E-state index contributed by atoms with van der Waals surface area (Å²) in [6, 6.07) is 7.37. The largest absolute Gasteiger partial charge is 0.513 e. The van der Waals surface area contributed by atoms with Crippen LogP contribution in [0.3, 0.4) is 0 Å². The molecule has 4 nitrogen and oxygen atoms in total. The van der Waals surface area contributed by atoms with Gasteiger partial charge in [0.2, 0.25) is 0 Å². The minimum absolute atomic E-state index is 0.161. The Kier molecular flexibility index (Phi) is 1.86. The van der Waals surface area contributed by atoms with Crippen LogP contribution in [-0.2, 0) is 0 Å². The number of thiazole rings is 1. The van der Waals surface area contributed by atoms with Crippen LogP contribution in [0.15, 0.2) is 24.3 Å². The van der Waals surface area contributed by atoms with Crippen LogP contribution in [0.25, 0.3) is 10.2 Å². The molecule has 0 aliphatic rings. The second kappa shape index (κ2) is 3.02. The van der Waals surface area contributed by atoms with E-state index in [0.29, 0.717) is 0 Å². The van der Waals surface area contributed by atoms with Gasteiger partial charge in [0.25, 0.3) is 5.19 Å². The fraction of sp³-hybridized carbons (Fsp3) is 0. The molecule has 1 heterocycles. The van der Waals surface area contributed by atoms with Gasteiger partial charge in [-0.3, -0.25) is 0 Å². The number of hydrogen-bond acceptors (Lipinski definition) is 4. The minimum atomic E-state index is -1.33. The molecule has 0 fully saturated rings. The van der Waals surface area contributed by atoms with Crippen molar-refractivity contribution in [3.05, 3.63) is 24.3 Å². The molecule has 0 spiro atoms. The van der Waals surface area contributed by atoms with Crippen LogP contribution in [0.4, 0.5) is 4.79 Å². The van der Waals surface area contributed by atoms with Crippen molar-refractivity contribution in [2.24, 2.45) is 0 Å². The van der Waals surface area contributed by atoms with Crippen LogP contribution >= 0.6 is 11.3 Å². The van der Waals surface area contributed by atoms with Gasteiger partial charge in [-0.05, 0) is 12.1 Å². The highest BCUT2D eigenvalue weighted by atomic mass is 32.1. The fourth-order valence-electron chi connectivity index (χ4n) is 0.969. The summed E-state index contributed by atoms with van der Waals surface area (Å²) in [5, 5.41) is 8.50. The van der Waals surface area contributed by atoms with Gasteiger partial charge in [0.1, 0.15) is 0 Å². The van der Waals surface area contributed by atoms with Gasteiger partial charge >= 0.3 is 6.16 Å². The number of fused-ring (bicyclic) bond motifs is 1. The molecule has 0 saturated heterocycles. The van der Waals surface area contributed by atoms with E-state index in [2.05, 4.69) is 9.72 Å². The summed E-state index contributed by atoms with van der Waals surface area (Å²) in [6.45, 7) is 0. The summed E-state index contributed by atoms with van der Waals surface area (Å²) >= 11 is 1.21. The van der Waals surface area contributed by atoms with Crippen LogP contribution in [-0.4, -0.2) is 16.2 Å². The molecule has 2 aromatic rings. The highest BCUT2D eigenvalue weighted by Crippen LogP contribution is 2.27. The molecule has 0 unspecified atom stereocenters. The molecule has 2 rings (SSSR count). The molecule has 1 aromatic carbocycles. The van der Waals surface area contributed by atoms with Gasteiger partial charge in [-0.1, -0.05) is 23.5 Å². The Morgan fingerprint density at radius 1 is 1.46 bits per heavy atom. The van der Waals surface area contributed by atoms with Crippen molar-refractivity contribution >= 4 is 27.7 Å². The van der Waals surface area contributed by atoms with Gasteiger partial charge in [-0.15, -0.1) is 0 Å². The van der Waals surface area contributed by atoms with Gasteiger partial charge in [0.05, 0.1) is 10.2 Å². The molecular formula is C8H5NO3S. The smallest absolute Gasteiger partial charge is 0.449 e. The topological polar surface area (TPSA) is 59.4 Å². The van der Waals surface area contributed by atoms with E-state index in [9.17, 15) is 4.79 Å². The van der Waals surface area contributed by atoms with Crippen molar-refractivity contribution in [1.29, 1.82) is 0 Å². The zero-order chi connectivity index (χ0) is 9.26. The van der Waals surface area contributed by atoms with Crippen LogP contribution in [0.5, 0.6) is 5.19 Å². The van der Waals surface area contributed by atoms with E-state index < -0.39 is 6.16 Å². The third-order valence-electron chi connectivity index (χ3n) is 1.45. The number of ether oxygens (including phenoxy) is 1. The van der Waals surface area contributed by atoms with E-state index >= 15 is 0 Å². The first kappa shape index (κ1) is 8.00. The quantitative estimate of drug-likeness (QED) is 0.709. The van der Waals surface area contributed by atoms with Crippen molar-refractivity contribution in [2.75, 3.05) is 0 Å². The number of carboxylic acid groups (broad SMARTS) is 1. The molecule has 5 heteroatoms. The van der Waals surface area contributed by atoms with Gasteiger partial charge in [0, 0.05) is 0 Å². The second-order valence-electron chi connectivity index (χ2n) is 2.32. The van der Waals surface area contributed by atoms with Crippen LogP contribution < -0.4 is 4.74 Å². The Bertz CT molecular complexity index is 418. The van der Waals surface area contributed by atoms with Crippen LogP contribution in [0, 0.1) is 0 Å². The molecule has 0 saturated carbocycles. The average molecular weight is 195 g/mol. The Labute approximate surface area is 77.4 Å². The number of rotatable bonds is 1. The monoisotopic (exact) mass is 195 g/mol. The molecule has 1 N–H and O–H groups in total. The molecule has 13 heavy (non-hydrogen) atoms. The first-order valence-electron chi connectivity index (χ1n) is 3.52. The summed E-state index contributed by atoms with van der Waals surface area (Å²) in [6.07, 6.45) is -1.33. The predicted octanol–water partition coefficient (Wildman–Crippen LogP) is 2.35. The lowest BCUT2D eigenvalue weighted by atomic mass is 10.3.